The lowest BCUT2D eigenvalue weighted by atomic mass is 9.97. The van der Waals surface area contributed by atoms with Crippen LogP contribution >= 0.6 is 0 Å². The Bertz CT molecular complexity index is 405. The minimum Gasteiger partial charge on any atom is -0.390 e. The highest BCUT2D eigenvalue weighted by atomic mass is 19.3. The molecule has 0 saturated carbocycles. The molecular weight excluding hydrogens is 378 g/mol. The van der Waals surface area contributed by atoms with Crippen molar-refractivity contribution in [1.82, 2.24) is 0 Å². The number of aliphatic hydroxyl groups is 1. The van der Waals surface area contributed by atoms with E-state index < -0.39 is 43.4 Å². The third kappa shape index (κ3) is 8.56. The van der Waals surface area contributed by atoms with Crippen LogP contribution in [0.1, 0.15) is 60.3 Å². The monoisotopic (exact) mass is 410 g/mol. The summed E-state index contributed by atoms with van der Waals surface area (Å²) in [5.41, 5.74) is 0. The van der Waals surface area contributed by atoms with Gasteiger partial charge in [-0.15, -0.1) is 0 Å². The molecule has 0 saturated heterocycles. The molecule has 9 heteroatoms. The molecule has 0 aliphatic rings. The number of ether oxygens (including phenoxy) is 2. The fourth-order valence-corrected chi connectivity index (χ4v) is 2.60. The maximum Gasteiger partial charge on any atom is 0.425 e. The summed E-state index contributed by atoms with van der Waals surface area (Å²) in [4.78, 5) is 0. The summed E-state index contributed by atoms with van der Waals surface area (Å²) in [6.45, 7) is 8.02. The molecule has 0 fully saturated rings. The van der Waals surface area contributed by atoms with Gasteiger partial charge < -0.3 is 14.6 Å². The van der Waals surface area contributed by atoms with Gasteiger partial charge in [-0.2, -0.15) is 17.6 Å². The molecule has 0 bridgehead atoms. The molecule has 3 unspecified atom stereocenters. The summed E-state index contributed by atoms with van der Waals surface area (Å²) in [5.74, 6) is -5.83. The molecule has 164 valence electrons. The van der Waals surface area contributed by atoms with E-state index in [2.05, 4.69) is 4.74 Å². The van der Waals surface area contributed by atoms with Crippen molar-refractivity contribution in [1.29, 1.82) is 0 Å². The molecule has 3 nitrogen and oxygen atoms in total. The lowest BCUT2D eigenvalue weighted by molar-refractivity contribution is -0.378. The molecule has 0 aromatic carbocycles. The smallest absolute Gasteiger partial charge is 0.390 e. The van der Waals surface area contributed by atoms with E-state index in [4.69, 9.17) is 4.74 Å². The van der Waals surface area contributed by atoms with E-state index in [1.807, 2.05) is 6.92 Å². The molecule has 0 aliphatic carbocycles. The minimum atomic E-state index is -5.60. The van der Waals surface area contributed by atoms with Crippen molar-refractivity contribution in [2.45, 2.75) is 97.1 Å². The Morgan fingerprint density at radius 2 is 1.56 bits per heavy atom. The Hall–Kier alpha value is -0.540. The van der Waals surface area contributed by atoms with E-state index in [1.54, 1.807) is 27.7 Å². The van der Waals surface area contributed by atoms with E-state index in [1.165, 1.54) is 0 Å². The van der Waals surface area contributed by atoms with Crippen LogP contribution in [0.4, 0.5) is 26.3 Å². The van der Waals surface area contributed by atoms with Gasteiger partial charge in [0.15, 0.2) is 0 Å². The van der Waals surface area contributed by atoms with Crippen molar-refractivity contribution in [2.75, 3.05) is 6.61 Å². The van der Waals surface area contributed by atoms with Crippen molar-refractivity contribution in [3.8, 4) is 0 Å². The first kappa shape index (κ1) is 26.5. The van der Waals surface area contributed by atoms with Gasteiger partial charge in [-0.1, -0.05) is 47.5 Å². The van der Waals surface area contributed by atoms with Gasteiger partial charge >= 0.3 is 18.5 Å². The van der Waals surface area contributed by atoms with Crippen LogP contribution in [0.3, 0.4) is 0 Å². The standard InChI is InChI=1S/C18H32F6O3/c1-6-7-8-14(25)15(12(4)5)27-13(9-11(2)3)10-26-18(23,24)17(21,22)16(19)20/h11-16,25H,6-10H2,1-5H3. The molecule has 0 aliphatic heterocycles. The quantitative estimate of drug-likeness (QED) is 0.384. The fraction of sp³-hybridized carbons (Fsp3) is 1.00. The lowest BCUT2D eigenvalue weighted by Gasteiger charge is -2.33. The first-order valence-corrected chi connectivity index (χ1v) is 9.27. The number of rotatable bonds is 14. The Labute approximate surface area is 157 Å². The average molecular weight is 410 g/mol. The van der Waals surface area contributed by atoms with Gasteiger partial charge in [-0.25, -0.2) is 8.78 Å². The Morgan fingerprint density at radius 3 is 1.96 bits per heavy atom. The van der Waals surface area contributed by atoms with Gasteiger partial charge in [0, 0.05) is 0 Å². The predicted octanol–water partition coefficient (Wildman–Crippen LogP) is 5.50. The molecule has 1 N–H and O–H groups in total. The van der Waals surface area contributed by atoms with Crippen molar-refractivity contribution >= 4 is 0 Å². The van der Waals surface area contributed by atoms with Gasteiger partial charge in [0.05, 0.1) is 24.9 Å². The fourth-order valence-electron chi connectivity index (χ4n) is 2.60. The van der Waals surface area contributed by atoms with Crippen molar-refractivity contribution in [2.24, 2.45) is 11.8 Å². The number of hydrogen-bond donors (Lipinski definition) is 1. The van der Waals surface area contributed by atoms with Crippen molar-refractivity contribution < 1.29 is 40.9 Å². The second kappa shape index (κ2) is 11.5. The predicted molar refractivity (Wildman–Crippen MR) is 90.3 cm³/mol. The summed E-state index contributed by atoms with van der Waals surface area (Å²) in [7, 11) is 0. The van der Waals surface area contributed by atoms with Crippen LogP contribution in [0.5, 0.6) is 0 Å². The third-order valence-corrected chi connectivity index (χ3v) is 4.09. The van der Waals surface area contributed by atoms with Crippen LogP contribution in [0.2, 0.25) is 0 Å². The van der Waals surface area contributed by atoms with Crippen LogP contribution in [-0.2, 0) is 9.47 Å². The van der Waals surface area contributed by atoms with Crippen LogP contribution in [0.25, 0.3) is 0 Å². The number of alkyl halides is 6. The maximum atomic E-state index is 13.4. The first-order valence-electron chi connectivity index (χ1n) is 9.27. The molecule has 0 radical (unpaired) electrons. The van der Waals surface area contributed by atoms with E-state index in [0.717, 1.165) is 12.8 Å². The second-order valence-corrected chi connectivity index (χ2v) is 7.56. The van der Waals surface area contributed by atoms with Crippen molar-refractivity contribution in [3.63, 3.8) is 0 Å². The highest BCUT2D eigenvalue weighted by Crippen LogP contribution is 2.40. The molecule has 0 aromatic rings. The van der Waals surface area contributed by atoms with Crippen LogP contribution in [0.15, 0.2) is 0 Å². The minimum absolute atomic E-state index is 0.0524. The van der Waals surface area contributed by atoms with Gasteiger partial charge in [0.1, 0.15) is 0 Å². The Balaban J connectivity index is 5.15. The van der Waals surface area contributed by atoms with E-state index in [9.17, 15) is 31.4 Å². The van der Waals surface area contributed by atoms with Gasteiger partial charge in [0.25, 0.3) is 0 Å². The largest absolute Gasteiger partial charge is 0.425 e. The van der Waals surface area contributed by atoms with E-state index in [-0.39, 0.29) is 18.3 Å². The topological polar surface area (TPSA) is 38.7 Å². The Morgan fingerprint density at radius 1 is 1.00 bits per heavy atom. The Kier molecular flexibility index (Phi) is 11.2. The molecule has 3 atom stereocenters. The summed E-state index contributed by atoms with van der Waals surface area (Å²) >= 11 is 0. The van der Waals surface area contributed by atoms with Crippen LogP contribution in [0, 0.1) is 11.8 Å². The average Bonchev–Trinajstić information content (AvgIpc) is 2.53. The van der Waals surface area contributed by atoms with Gasteiger partial charge in [0.2, 0.25) is 0 Å². The molecule has 0 aromatic heterocycles. The van der Waals surface area contributed by atoms with Crippen LogP contribution in [-0.4, -0.2) is 48.5 Å². The van der Waals surface area contributed by atoms with E-state index in [0.29, 0.717) is 6.42 Å². The number of hydrogen-bond acceptors (Lipinski definition) is 3. The summed E-state index contributed by atoms with van der Waals surface area (Å²) in [5, 5.41) is 10.3. The second-order valence-electron chi connectivity index (χ2n) is 7.56. The molecule has 0 rings (SSSR count). The zero-order valence-electron chi connectivity index (χ0n) is 16.5. The molecule has 27 heavy (non-hydrogen) atoms. The van der Waals surface area contributed by atoms with E-state index >= 15 is 0 Å². The van der Waals surface area contributed by atoms with Crippen molar-refractivity contribution in [3.05, 3.63) is 0 Å². The molecule has 0 heterocycles. The van der Waals surface area contributed by atoms with Gasteiger partial charge in [-0.05, 0) is 24.7 Å². The summed E-state index contributed by atoms with van der Waals surface area (Å²) < 4.78 is 86.8. The zero-order valence-corrected chi connectivity index (χ0v) is 16.5. The first-order chi connectivity index (χ1) is 12.3. The highest BCUT2D eigenvalue weighted by molar-refractivity contribution is 4.81. The third-order valence-electron chi connectivity index (χ3n) is 4.09. The summed E-state index contributed by atoms with van der Waals surface area (Å²) in [6, 6.07) is 0. The molecular formula is C18H32F6O3. The van der Waals surface area contributed by atoms with Crippen LogP contribution < -0.4 is 0 Å². The normalized spacial score (nSPS) is 17.0. The van der Waals surface area contributed by atoms with Gasteiger partial charge in [-0.3, -0.25) is 0 Å². The SMILES string of the molecule is CCCCC(O)C(OC(COC(F)(F)C(F)(F)C(F)F)CC(C)C)C(C)C. The number of aliphatic hydroxyl groups excluding tert-OH is 1. The maximum absolute atomic E-state index is 13.4. The molecule has 0 spiro atoms. The molecule has 0 amide bonds. The number of unbranched alkanes of at least 4 members (excludes halogenated alkanes) is 1. The lowest BCUT2D eigenvalue weighted by Crippen LogP contribution is -2.49. The zero-order chi connectivity index (χ0) is 21.4. The summed E-state index contributed by atoms with van der Waals surface area (Å²) in [6.07, 6.45) is -10.3. The number of halogens is 6. The highest BCUT2D eigenvalue weighted by Gasteiger charge is 2.64.